The van der Waals surface area contributed by atoms with Crippen LogP contribution in [0.2, 0.25) is 0 Å². The van der Waals surface area contributed by atoms with E-state index in [1.165, 1.54) is 6.92 Å². The quantitative estimate of drug-likeness (QED) is 0.511. The van der Waals surface area contributed by atoms with Gasteiger partial charge in [-0.15, -0.1) is 0 Å². The molecule has 2 saturated heterocycles. The molecule has 0 saturated carbocycles. The lowest BCUT2D eigenvalue weighted by molar-refractivity contribution is -0.147. The number of alkyl halides is 1. The van der Waals surface area contributed by atoms with Crippen molar-refractivity contribution in [3.63, 3.8) is 0 Å². The van der Waals surface area contributed by atoms with Gasteiger partial charge in [-0.25, -0.2) is 0 Å². The Morgan fingerprint density at radius 1 is 1.62 bits per heavy atom. The zero-order chi connectivity index (χ0) is 9.47. The van der Waals surface area contributed by atoms with E-state index < -0.39 is 0 Å². The number of halogens is 1. The fourth-order valence-corrected chi connectivity index (χ4v) is 2.38. The highest BCUT2D eigenvalue weighted by atomic mass is 79.9. The van der Waals surface area contributed by atoms with Crippen molar-refractivity contribution in [3.05, 3.63) is 0 Å². The average Bonchev–Trinajstić information content (AvgIpc) is 2.51. The number of hydrogen-bond donors (Lipinski definition) is 0. The smallest absolute Gasteiger partial charge is 0.303 e. The summed E-state index contributed by atoms with van der Waals surface area (Å²) in [4.78, 5) is 10.8. The Kier molecular flexibility index (Phi) is 2.33. The highest BCUT2D eigenvalue weighted by molar-refractivity contribution is 9.10. The van der Waals surface area contributed by atoms with Crippen molar-refractivity contribution in [2.45, 2.75) is 30.1 Å². The van der Waals surface area contributed by atoms with E-state index in [4.69, 9.17) is 14.2 Å². The van der Waals surface area contributed by atoms with Gasteiger partial charge < -0.3 is 14.2 Å². The summed E-state index contributed by atoms with van der Waals surface area (Å²) in [6.45, 7) is 2.46. The molecule has 4 nitrogen and oxygen atoms in total. The zero-order valence-corrected chi connectivity index (χ0v) is 8.87. The molecule has 0 spiro atoms. The largest absolute Gasteiger partial charge is 0.458 e. The first-order valence-electron chi connectivity index (χ1n) is 4.22. The van der Waals surface area contributed by atoms with Crippen molar-refractivity contribution in [1.82, 2.24) is 0 Å². The molecule has 2 fully saturated rings. The number of carbonyl (C=O) groups is 1. The molecule has 0 aromatic rings. The van der Waals surface area contributed by atoms with E-state index in [1.807, 2.05) is 0 Å². The van der Waals surface area contributed by atoms with Crippen molar-refractivity contribution < 1.29 is 19.0 Å². The molecule has 13 heavy (non-hydrogen) atoms. The summed E-state index contributed by atoms with van der Waals surface area (Å²) < 4.78 is 15.5. The predicted molar refractivity (Wildman–Crippen MR) is 47.5 cm³/mol. The van der Waals surface area contributed by atoms with Gasteiger partial charge in [0, 0.05) is 6.92 Å². The van der Waals surface area contributed by atoms with Crippen LogP contribution in [0.3, 0.4) is 0 Å². The third-order valence-corrected chi connectivity index (χ3v) is 3.67. The minimum absolute atomic E-state index is 0.225. The van der Waals surface area contributed by atoms with Crippen LogP contribution < -0.4 is 0 Å². The Bertz CT molecular complexity index is 232. The summed E-state index contributed by atoms with van der Waals surface area (Å²) in [6.07, 6.45) is 0.324. The summed E-state index contributed by atoms with van der Waals surface area (Å²) in [5, 5.41) is 0. The van der Waals surface area contributed by atoms with Gasteiger partial charge in [-0.1, -0.05) is 15.9 Å². The van der Waals surface area contributed by atoms with Gasteiger partial charge in [-0.05, 0) is 6.42 Å². The molecule has 2 aliphatic rings. The van der Waals surface area contributed by atoms with Gasteiger partial charge >= 0.3 is 5.97 Å². The van der Waals surface area contributed by atoms with Crippen molar-refractivity contribution in [2.75, 3.05) is 13.2 Å². The third kappa shape index (κ3) is 1.49. The van der Waals surface area contributed by atoms with Gasteiger partial charge in [0.25, 0.3) is 0 Å². The molecule has 2 heterocycles. The highest BCUT2D eigenvalue weighted by Crippen LogP contribution is 2.44. The van der Waals surface area contributed by atoms with E-state index in [0.29, 0.717) is 13.2 Å². The van der Waals surface area contributed by atoms with Crippen LogP contribution >= 0.6 is 15.9 Å². The molecular weight excluding hydrogens is 240 g/mol. The van der Waals surface area contributed by atoms with Crippen LogP contribution in [-0.4, -0.2) is 35.9 Å². The number of carbonyl (C=O) groups excluding carboxylic acids is 1. The maximum atomic E-state index is 10.8. The average molecular weight is 251 g/mol. The molecule has 0 aliphatic carbocycles. The van der Waals surface area contributed by atoms with E-state index in [9.17, 15) is 4.79 Å². The lowest BCUT2D eigenvalue weighted by Gasteiger charge is -2.24. The van der Waals surface area contributed by atoms with E-state index in [1.54, 1.807) is 0 Å². The summed E-state index contributed by atoms with van der Waals surface area (Å²) in [5.74, 6) is -0.278. The molecule has 0 amide bonds. The molecule has 0 N–H and O–H groups in total. The molecule has 2 unspecified atom stereocenters. The van der Waals surface area contributed by atoms with E-state index >= 15 is 0 Å². The predicted octanol–water partition coefficient (Wildman–Crippen LogP) is 0.828. The van der Waals surface area contributed by atoms with Gasteiger partial charge in [0.05, 0.1) is 13.2 Å². The fraction of sp³-hybridized carbons (Fsp3) is 0.875. The van der Waals surface area contributed by atoms with E-state index in [2.05, 4.69) is 15.9 Å². The summed E-state index contributed by atoms with van der Waals surface area (Å²) in [7, 11) is 0. The molecular formula is C8H11BrO4. The van der Waals surface area contributed by atoms with Crippen molar-refractivity contribution in [2.24, 2.45) is 0 Å². The molecule has 0 aromatic heterocycles. The van der Waals surface area contributed by atoms with Crippen LogP contribution in [0.25, 0.3) is 0 Å². The second-order valence-corrected chi connectivity index (χ2v) is 4.79. The molecule has 0 aromatic carbocycles. The van der Waals surface area contributed by atoms with Crippen LogP contribution in [0, 0.1) is 0 Å². The number of fused-ring (bicyclic) bond motifs is 1. The number of esters is 1. The van der Waals surface area contributed by atoms with Crippen LogP contribution in [0.4, 0.5) is 0 Å². The van der Waals surface area contributed by atoms with Crippen LogP contribution in [0.1, 0.15) is 13.3 Å². The minimum atomic E-state index is -0.321. The standard InChI is InChI=1S/C8H11BrO4/c1-5(10)13-6-4-12-7-8(6,9)2-3-11-7/h6-7H,2-4H2,1H3/t6?,7-,8?/m0/s1. The summed E-state index contributed by atoms with van der Waals surface area (Å²) in [5.41, 5.74) is 0. The SMILES string of the molecule is CC(=O)OC1CO[C@@H]2OCCC12Br. The van der Waals surface area contributed by atoms with Gasteiger partial charge in [0.15, 0.2) is 6.29 Å². The van der Waals surface area contributed by atoms with Gasteiger partial charge in [0.1, 0.15) is 10.4 Å². The van der Waals surface area contributed by atoms with Crippen LogP contribution in [0.15, 0.2) is 0 Å². The van der Waals surface area contributed by atoms with Crippen LogP contribution in [0.5, 0.6) is 0 Å². The Labute approximate surface area is 84.7 Å². The number of ether oxygens (including phenoxy) is 3. The Hall–Kier alpha value is -0.130. The molecule has 2 rings (SSSR count). The first-order chi connectivity index (χ1) is 6.13. The summed E-state index contributed by atoms with van der Waals surface area (Å²) >= 11 is 3.54. The molecule has 3 atom stereocenters. The monoisotopic (exact) mass is 250 g/mol. The first kappa shape index (κ1) is 9.43. The second kappa shape index (κ2) is 3.22. The second-order valence-electron chi connectivity index (χ2n) is 3.31. The van der Waals surface area contributed by atoms with Gasteiger partial charge in [0.2, 0.25) is 0 Å². The zero-order valence-electron chi connectivity index (χ0n) is 7.29. The summed E-state index contributed by atoms with van der Waals surface area (Å²) in [6, 6.07) is 0. The van der Waals surface area contributed by atoms with Gasteiger partial charge in [-0.2, -0.15) is 0 Å². The van der Waals surface area contributed by atoms with Crippen LogP contribution in [-0.2, 0) is 19.0 Å². The van der Waals surface area contributed by atoms with E-state index in [-0.39, 0.29) is 22.7 Å². The maximum absolute atomic E-state index is 10.8. The molecule has 74 valence electrons. The minimum Gasteiger partial charge on any atom is -0.458 e. The lowest BCUT2D eigenvalue weighted by Crippen LogP contribution is -2.39. The van der Waals surface area contributed by atoms with Gasteiger partial charge in [-0.3, -0.25) is 4.79 Å². The molecule has 5 heteroatoms. The maximum Gasteiger partial charge on any atom is 0.303 e. The topological polar surface area (TPSA) is 44.8 Å². The number of rotatable bonds is 1. The van der Waals surface area contributed by atoms with E-state index in [0.717, 1.165) is 6.42 Å². The Morgan fingerprint density at radius 3 is 3.08 bits per heavy atom. The highest BCUT2D eigenvalue weighted by Gasteiger charge is 2.55. The molecule has 2 aliphatic heterocycles. The fourth-order valence-electron chi connectivity index (χ4n) is 1.72. The van der Waals surface area contributed by atoms with Crippen molar-refractivity contribution >= 4 is 21.9 Å². The normalized spacial score (nSPS) is 43.2. The van der Waals surface area contributed by atoms with Crippen molar-refractivity contribution in [1.29, 1.82) is 0 Å². The third-order valence-electron chi connectivity index (χ3n) is 2.39. The lowest BCUT2D eigenvalue weighted by atomic mass is 10.0. The molecule has 0 radical (unpaired) electrons. The molecule has 0 bridgehead atoms. The Morgan fingerprint density at radius 2 is 2.38 bits per heavy atom. The first-order valence-corrected chi connectivity index (χ1v) is 5.01. The Balaban J connectivity index is 2.09. The number of hydrogen-bond acceptors (Lipinski definition) is 4. The van der Waals surface area contributed by atoms with Crippen molar-refractivity contribution in [3.8, 4) is 0 Å².